The number of hydrogen-bond acceptors (Lipinski definition) is 5. The van der Waals surface area contributed by atoms with Gasteiger partial charge in [0.25, 0.3) is 5.91 Å². The van der Waals surface area contributed by atoms with Crippen LogP contribution >= 0.6 is 23.2 Å². The standard InChI is InChI=1S/C27H32Cl2N2O5/c1-17(2)15-27(3,4)36-26(35)23(32)14-24(33)31(16-18-7-12-21(28)22(29)13-18)20-10-8-19(9-11-20)25(34)30(5)6/h7-13,17H,14-16H2,1-6H3. The molecule has 0 saturated heterocycles. The molecule has 0 spiro atoms. The van der Waals surface area contributed by atoms with E-state index >= 15 is 0 Å². The fraction of sp³-hybridized carbons (Fsp3) is 0.407. The smallest absolute Gasteiger partial charge is 0.375 e. The van der Waals surface area contributed by atoms with Gasteiger partial charge in [-0.25, -0.2) is 4.79 Å². The summed E-state index contributed by atoms with van der Waals surface area (Å²) in [5.41, 5.74) is 0.720. The van der Waals surface area contributed by atoms with Crippen LogP contribution in [0.4, 0.5) is 5.69 Å². The zero-order valence-electron chi connectivity index (χ0n) is 21.4. The SMILES string of the molecule is CC(C)CC(C)(C)OC(=O)C(=O)CC(=O)N(Cc1ccc(Cl)c(Cl)c1)c1ccc(C(=O)N(C)C)cc1. The molecular formula is C27H32Cl2N2O5. The summed E-state index contributed by atoms with van der Waals surface area (Å²) in [6.07, 6.45) is -0.0995. The van der Waals surface area contributed by atoms with E-state index in [9.17, 15) is 19.2 Å². The van der Waals surface area contributed by atoms with Crippen LogP contribution < -0.4 is 4.90 Å². The van der Waals surface area contributed by atoms with E-state index in [2.05, 4.69) is 0 Å². The van der Waals surface area contributed by atoms with Gasteiger partial charge >= 0.3 is 5.97 Å². The van der Waals surface area contributed by atoms with Gasteiger partial charge < -0.3 is 14.5 Å². The van der Waals surface area contributed by atoms with Gasteiger partial charge in [0.1, 0.15) is 5.60 Å². The van der Waals surface area contributed by atoms with Crippen molar-refractivity contribution in [3.05, 3.63) is 63.6 Å². The Morgan fingerprint density at radius 2 is 1.56 bits per heavy atom. The molecule has 2 aromatic rings. The number of carbonyl (C=O) groups is 4. The summed E-state index contributed by atoms with van der Waals surface area (Å²) in [6, 6.07) is 11.4. The van der Waals surface area contributed by atoms with E-state index in [0.717, 1.165) is 0 Å². The van der Waals surface area contributed by atoms with Crippen molar-refractivity contribution in [2.75, 3.05) is 19.0 Å². The normalized spacial score (nSPS) is 11.2. The molecule has 0 unspecified atom stereocenters. The molecule has 0 radical (unpaired) electrons. The predicted octanol–water partition coefficient (Wildman–Crippen LogP) is 5.56. The molecule has 0 atom stereocenters. The van der Waals surface area contributed by atoms with Crippen LogP contribution in [-0.2, 0) is 25.7 Å². The number of halogens is 2. The van der Waals surface area contributed by atoms with Crippen molar-refractivity contribution >= 4 is 52.5 Å². The highest BCUT2D eigenvalue weighted by atomic mass is 35.5. The van der Waals surface area contributed by atoms with Gasteiger partial charge in [0.15, 0.2) is 0 Å². The predicted molar refractivity (Wildman–Crippen MR) is 141 cm³/mol. The second-order valence-corrected chi connectivity index (χ2v) is 10.6. The molecule has 0 aromatic heterocycles. The lowest BCUT2D eigenvalue weighted by Crippen LogP contribution is -2.37. The number of anilines is 1. The Morgan fingerprint density at radius 1 is 0.944 bits per heavy atom. The van der Waals surface area contributed by atoms with Gasteiger partial charge in [0.2, 0.25) is 11.7 Å². The Kier molecular flexibility index (Phi) is 10.1. The Morgan fingerprint density at radius 3 is 2.08 bits per heavy atom. The highest BCUT2D eigenvalue weighted by Crippen LogP contribution is 2.26. The Hall–Kier alpha value is -2.90. The lowest BCUT2D eigenvalue weighted by atomic mass is 9.96. The molecule has 0 bridgehead atoms. The van der Waals surface area contributed by atoms with E-state index in [4.69, 9.17) is 27.9 Å². The van der Waals surface area contributed by atoms with E-state index in [1.54, 1.807) is 70.4 Å². The average Bonchev–Trinajstić information content (AvgIpc) is 2.77. The first kappa shape index (κ1) is 29.3. The van der Waals surface area contributed by atoms with Crippen LogP contribution in [-0.4, -0.2) is 48.2 Å². The molecule has 0 saturated carbocycles. The van der Waals surface area contributed by atoms with Crippen molar-refractivity contribution < 1.29 is 23.9 Å². The van der Waals surface area contributed by atoms with Gasteiger partial charge in [-0.05, 0) is 68.1 Å². The zero-order chi connectivity index (χ0) is 27.2. The third kappa shape index (κ3) is 8.35. The van der Waals surface area contributed by atoms with Gasteiger partial charge in [0.05, 0.1) is 23.0 Å². The highest BCUT2D eigenvalue weighted by Gasteiger charge is 2.30. The molecule has 0 aliphatic heterocycles. The van der Waals surface area contributed by atoms with Gasteiger partial charge in [-0.1, -0.05) is 43.1 Å². The number of carbonyl (C=O) groups excluding carboxylic acids is 4. The minimum absolute atomic E-state index is 0.0673. The highest BCUT2D eigenvalue weighted by molar-refractivity contribution is 6.42. The fourth-order valence-corrected chi connectivity index (χ4v) is 4.14. The summed E-state index contributed by atoms with van der Waals surface area (Å²) in [4.78, 5) is 53.3. The number of ketones is 1. The van der Waals surface area contributed by atoms with Gasteiger partial charge in [-0.2, -0.15) is 0 Å². The van der Waals surface area contributed by atoms with Crippen molar-refractivity contribution in [2.45, 2.75) is 52.7 Å². The molecular weight excluding hydrogens is 503 g/mol. The first-order chi connectivity index (χ1) is 16.7. The molecule has 2 aromatic carbocycles. The number of ether oxygens (including phenoxy) is 1. The topological polar surface area (TPSA) is 84.0 Å². The quantitative estimate of drug-likeness (QED) is 0.226. The van der Waals surface area contributed by atoms with Crippen molar-refractivity contribution in [1.29, 1.82) is 0 Å². The monoisotopic (exact) mass is 534 g/mol. The summed E-state index contributed by atoms with van der Waals surface area (Å²) in [5, 5.41) is 0.687. The molecule has 0 fully saturated rings. The summed E-state index contributed by atoms with van der Waals surface area (Å²) in [7, 11) is 3.28. The van der Waals surface area contributed by atoms with E-state index in [1.807, 2.05) is 13.8 Å². The molecule has 0 heterocycles. The largest absolute Gasteiger partial charge is 0.454 e. The van der Waals surface area contributed by atoms with Gasteiger partial charge in [-0.3, -0.25) is 14.4 Å². The third-order valence-corrected chi connectivity index (χ3v) is 6.01. The molecule has 2 amide bonds. The number of hydrogen-bond donors (Lipinski definition) is 0. The van der Waals surface area contributed by atoms with E-state index in [-0.39, 0.29) is 18.4 Å². The summed E-state index contributed by atoms with van der Waals surface area (Å²) in [6.45, 7) is 7.50. The number of Topliss-reactive ketones (excluding diaryl/α,β-unsaturated/α-hetero) is 1. The molecule has 9 heteroatoms. The Bertz CT molecular complexity index is 1130. The van der Waals surface area contributed by atoms with Crippen LogP contribution in [0.25, 0.3) is 0 Å². The van der Waals surface area contributed by atoms with Crippen molar-refractivity contribution in [3.8, 4) is 0 Å². The number of nitrogens with zero attached hydrogens (tertiary/aromatic N) is 2. The van der Waals surface area contributed by atoms with Crippen LogP contribution in [0.15, 0.2) is 42.5 Å². The Balaban J connectivity index is 2.28. The summed E-state index contributed by atoms with van der Waals surface area (Å²) < 4.78 is 5.38. The van der Waals surface area contributed by atoms with Crippen molar-refractivity contribution in [3.63, 3.8) is 0 Å². The van der Waals surface area contributed by atoms with Crippen LogP contribution in [0.1, 0.15) is 56.5 Å². The molecule has 0 aliphatic carbocycles. The minimum Gasteiger partial charge on any atom is -0.454 e. The van der Waals surface area contributed by atoms with Crippen LogP contribution in [0, 0.1) is 5.92 Å². The maximum Gasteiger partial charge on any atom is 0.375 e. The molecule has 194 valence electrons. The van der Waals surface area contributed by atoms with Crippen molar-refractivity contribution in [1.82, 2.24) is 4.90 Å². The minimum atomic E-state index is -1.05. The van der Waals surface area contributed by atoms with Crippen LogP contribution in [0.2, 0.25) is 10.0 Å². The number of amides is 2. The lowest BCUT2D eigenvalue weighted by Gasteiger charge is -2.27. The van der Waals surface area contributed by atoms with Crippen LogP contribution in [0.5, 0.6) is 0 Å². The van der Waals surface area contributed by atoms with E-state index in [1.165, 1.54) is 9.80 Å². The zero-order valence-corrected chi connectivity index (χ0v) is 22.9. The number of benzene rings is 2. The average molecular weight is 535 g/mol. The second kappa shape index (κ2) is 12.4. The molecule has 0 N–H and O–H groups in total. The van der Waals surface area contributed by atoms with Crippen LogP contribution in [0.3, 0.4) is 0 Å². The van der Waals surface area contributed by atoms with Crippen molar-refractivity contribution in [2.24, 2.45) is 5.92 Å². The van der Waals surface area contributed by atoms with E-state index < -0.39 is 29.7 Å². The lowest BCUT2D eigenvalue weighted by molar-refractivity contribution is -0.165. The number of rotatable bonds is 10. The number of esters is 1. The maximum atomic E-state index is 13.2. The first-order valence-corrected chi connectivity index (χ1v) is 12.3. The summed E-state index contributed by atoms with van der Waals surface area (Å²) in [5.74, 6) is -2.51. The van der Waals surface area contributed by atoms with Gasteiger partial charge in [0, 0.05) is 25.3 Å². The summed E-state index contributed by atoms with van der Waals surface area (Å²) >= 11 is 12.2. The van der Waals surface area contributed by atoms with E-state index in [0.29, 0.717) is 33.3 Å². The maximum absolute atomic E-state index is 13.2. The molecule has 36 heavy (non-hydrogen) atoms. The Labute approximate surface area is 222 Å². The molecule has 7 nitrogen and oxygen atoms in total. The first-order valence-electron chi connectivity index (χ1n) is 11.5. The fourth-order valence-electron chi connectivity index (χ4n) is 3.82. The van der Waals surface area contributed by atoms with Gasteiger partial charge in [-0.15, -0.1) is 0 Å². The molecule has 0 aliphatic rings. The third-order valence-electron chi connectivity index (χ3n) is 5.27. The molecule has 2 rings (SSSR count). The second-order valence-electron chi connectivity index (χ2n) is 9.82.